The summed E-state index contributed by atoms with van der Waals surface area (Å²) in [4.78, 5) is 12.7. The van der Waals surface area contributed by atoms with E-state index in [-0.39, 0.29) is 5.02 Å². The largest absolute Gasteiger partial charge is 0.323 e. The van der Waals surface area contributed by atoms with Crippen molar-refractivity contribution in [2.75, 3.05) is 15.9 Å². The molecule has 26 heavy (non-hydrogen) atoms. The first-order valence-corrected chi connectivity index (χ1v) is 10.4. The molecular formula is C18H20Cl2N2O3S. The van der Waals surface area contributed by atoms with E-state index < -0.39 is 22.0 Å². The topological polar surface area (TPSA) is 66.5 Å². The number of halogens is 2. The van der Waals surface area contributed by atoms with Crippen LogP contribution in [0.1, 0.15) is 18.1 Å². The summed E-state index contributed by atoms with van der Waals surface area (Å²) in [6.45, 7) is 5.26. The van der Waals surface area contributed by atoms with Crippen LogP contribution < -0.4 is 9.62 Å². The molecule has 2 aromatic rings. The molecule has 0 spiro atoms. The van der Waals surface area contributed by atoms with Gasteiger partial charge in [0, 0.05) is 0 Å². The Labute approximate surface area is 164 Å². The second kappa shape index (κ2) is 7.86. The lowest BCUT2D eigenvalue weighted by Crippen LogP contribution is -2.45. The van der Waals surface area contributed by atoms with Gasteiger partial charge in [0.15, 0.2) is 0 Å². The number of carbonyl (C=O) groups excluding carboxylic acids is 1. The Bertz CT molecular complexity index is 925. The van der Waals surface area contributed by atoms with Crippen molar-refractivity contribution in [2.24, 2.45) is 0 Å². The van der Waals surface area contributed by atoms with Crippen LogP contribution in [0.2, 0.25) is 10.0 Å². The minimum Gasteiger partial charge on any atom is -0.323 e. The molecule has 0 saturated carbocycles. The molecule has 0 radical (unpaired) electrons. The Morgan fingerprint density at radius 3 is 2.23 bits per heavy atom. The molecule has 0 aliphatic carbocycles. The highest BCUT2D eigenvalue weighted by molar-refractivity contribution is 7.92. The molecule has 140 valence electrons. The summed E-state index contributed by atoms with van der Waals surface area (Å²) < 4.78 is 25.8. The normalized spacial score (nSPS) is 12.5. The lowest BCUT2D eigenvalue weighted by Gasteiger charge is -2.29. The van der Waals surface area contributed by atoms with Crippen LogP contribution in [0.15, 0.2) is 36.4 Å². The van der Waals surface area contributed by atoms with Gasteiger partial charge in [0.1, 0.15) is 6.04 Å². The van der Waals surface area contributed by atoms with Gasteiger partial charge >= 0.3 is 0 Å². The molecule has 1 atom stereocenters. The van der Waals surface area contributed by atoms with E-state index in [9.17, 15) is 13.2 Å². The molecule has 8 heteroatoms. The lowest BCUT2D eigenvalue weighted by atomic mass is 10.1. The van der Waals surface area contributed by atoms with Crippen LogP contribution in [0.25, 0.3) is 0 Å². The summed E-state index contributed by atoms with van der Waals surface area (Å²) in [6.07, 6.45) is 1.07. The highest BCUT2D eigenvalue weighted by atomic mass is 35.5. The van der Waals surface area contributed by atoms with Crippen LogP contribution in [-0.4, -0.2) is 26.6 Å². The molecule has 5 nitrogen and oxygen atoms in total. The Balaban J connectivity index is 2.39. The highest BCUT2D eigenvalue weighted by Gasteiger charge is 2.29. The molecule has 0 heterocycles. The van der Waals surface area contributed by atoms with E-state index in [0.717, 1.165) is 21.7 Å². The van der Waals surface area contributed by atoms with Crippen LogP contribution in [0.3, 0.4) is 0 Å². The molecule has 2 rings (SSSR count). The van der Waals surface area contributed by atoms with Crippen LogP contribution in [0.4, 0.5) is 11.4 Å². The summed E-state index contributed by atoms with van der Waals surface area (Å²) in [5.41, 5.74) is 2.56. The SMILES string of the molecule is Cc1cc(C)cc(N(C(C)C(=O)Nc2cccc(Cl)c2Cl)S(C)(=O)=O)c1. The molecule has 0 aliphatic rings. The number of aryl methyl sites for hydroxylation is 2. The Morgan fingerprint density at radius 1 is 1.12 bits per heavy atom. The molecule has 1 N–H and O–H groups in total. The van der Waals surface area contributed by atoms with Crippen molar-refractivity contribution < 1.29 is 13.2 Å². The van der Waals surface area contributed by atoms with Gasteiger partial charge in [-0.3, -0.25) is 9.10 Å². The predicted octanol–water partition coefficient (Wildman–Crippen LogP) is 4.40. The summed E-state index contributed by atoms with van der Waals surface area (Å²) in [6, 6.07) is 9.24. The molecule has 0 aromatic heterocycles. The van der Waals surface area contributed by atoms with Gasteiger partial charge in [0.05, 0.1) is 27.7 Å². The van der Waals surface area contributed by atoms with Crippen molar-refractivity contribution >= 4 is 50.5 Å². The van der Waals surface area contributed by atoms with E-state index in [1.165, 1.54) is 6.92 Å². The highest BCUT2D eigenvalue weighted by Crippen LogP contribution is 2.30. The average Bonchev–Trinajstić information content (AvgIpc) is 2.49. The maximum Gasteiger partial charge on any atom is 0.248 e. The number of benzene rings is 2. The first kappa shape index (κ1) is 20.6. The van der Waals surface area contributed by atoms with Gasteiger partial charge in [0.2, 0.25) is 15.9 Å². The van der Waals surface area contributed by atoms with Crippen LogP contribution in [0, 0.1) is 13.8 Å². The molecule has 0 aliphatic heterocycles. The van der Waals surface area contributed by atoms with Gasteiger partial charge in [-0.1, -0.05) is 35.3 Å². The van der Waals surface area contributed by atoms with Gasteiger partial charge in [-0.25, -0.2) is 8.42 Å². The molecule has 0 fully saturated rings. The zero-order chi connectivity index (χ0) is 19.6. The van der Waals surface area contributed by atoms with E-state index in [2.05, 4.69) is 5.32 Å². The standard InChI is InChI=1S/C18H20Cl2N2O3S/c1-11-8-12(2)10-14(9-11)22(26(4,24)25)13(3)18(23)21-16-7-5-6-15(19)17(16)20/h5-10,13H,1-4H3,(H,21,23). The van der Waals surface area contributed by atoms with Crippen molar-refractivity contribution in [1.29, 1.82) is 0 Å². The van der Waals surface area contributed by atoms with Gasteiger partial charge in [-0.15, -0.1) is 0 Å². The molecule has 2 aromatic carbocycles. The van der Waals surface area contributed by atoms with Crippen molar-refractivity contribution in [3.05, 3.63) is 57.6 Å². The van der Waals surface area contributed by atoms with Crippen LogP contribution >= 0.6 is 23.2 Å². The number of hydrogen-bond acceptors (Lipinski definition) is 3. The fourth-order valence-corrected chi connectivity index (χ4v) is 4.23. The second-order valence-electron chi connectivity index (χ2n) is 6.17. The maximum absolute atomic E-state index is 12.7. The Morgan fingerprint density at radius 2 is 1.69 bits per heavy atom. The van der Waals surface area contributed by atoms with Crippen LogP contribution in [-0.2, 0) is 14.8 Å². The number of nitrogens with one attached hydrogen (secondary N) is 1. The number of rotatable bonds is 5. The van der Waals surface area contributed by atoms with E-state index >= 15 is 0 Å². The number of nitrogens with zero attached hydrogens (tertiary/aromatic N) is 1. The van der Waals surface area contributed by atoms with E-state index in [1.54, 1.807) is 30.3 Å². The number of carbonyl (C=O) groups is 1. The van der Waals surface area contributed by atoms with Gasteiger partial charge in [-0.2, -0.15) is 0 Å². The maximum atomic E-state index is 12.7. The van der Waals surface area contributed by atoms with E-state index in [4.69, 9.17) is 23.2 Å². The molecule has 0 bridgehead atoms. The summed E-state index contributed by atoms with van der Waals surface area (Å²) in [5.74, 6) is -0.515. The third-order valence-corrected chi connectivity index (χ3v) is 5.82. The molecular weight excluding hydrogens is 395 g/mol. The zero-order valence-corrected chi connectivity index (χ0v) is 17.2. The number of hydrogen-bond donors (Lipinski definition) is 1. The minimum atomic E-state index is -3.69. The third-order valence-electron chi connectivity index (χ3n) is 3.76. The Kier molecular flexibility index (Phi) is 6.21. The smallest absolute Gasteiger partial charge is 0.248 e. The fourth-order valence-electron chi connectivity index (χ4n) is 2.72. The molecule has 1 amide bonds. The summed E-state index contributed by atoms with van der Waals surface area (Å²) >= 11 is 12.0. The predicted molar refractivity (Wildman–Crippen MR) is 108 cm³/mol. The Hall–Kier alpha value is -1.76. The van der Waals surface area contributed by atoms with Crippen molar-refractivity contribution in [3.8, 4) is 0 Å². The lowest BCUT2D eigenvalue weighted by molar-refractivity contribution is -0.116. The van der Waals surface area contributed by atoms with E-state index in [1.807, 2.05) is 19.9 Å². The fraction of sp³-hybridized carbons (Fsp3) is 0.278. The number of anilines is 2. The third kappa shape index (κ3) is 4.69. The first-order chi connectivity index (χ1) is 12.0. The monoisotopic (exact) mass is 414 g/mol. The summed E-state index contributed by atoms with van der Waals surface area (Å²) in [5, 5.41) is 3.14. The quantitative estimate of drug-likeness (QED) is 0.787. The van der Waals surface area contributed by atoms with Gasteiger partial charge in [-0.05, 0) is 56.2 Å². The van der Waals surface area contributed by atoms with Gasteiger partial charge < -0.3 is 5.32 Å². The van der Waals surface area contributed by atoms with Crippen molar-refractivity contribution in [3.63, 3.8) is 0 Å². The second-order valence-corrected chi connectivity index (χ2v) is 8.82. The number of amides is 1. The molecule has 0 saturated heterocycles. The minimum absolute atomic E-state index is 0.201. The van der Waals surface area contributed by atoms with Crippen molar-refractivity contribution in [1.82, 2.24) is 0 Å². The number of sulfonamides is 1. The molecule has 1 unspecified atom stereocenters. The summed E-state index contributed by atoms with van der Waals surface area (Å²) in [7, 11) is -3.69. The van der Waals surface area contributed by atoms with E-state index in [0.29, 0.717) is 16.4 Å². The van der Waals surface area contributed by atoms with Crippen LogP contribution in [0.5, 0.6) is 0 Å². The zero-order valence-electron chi connectivity index (χ0n) is 14.9. The van der Waals surface area contributed by atoms with Gasteiger partial charge in [0.25, 0.3) is 0 Å². The van der Waals surface area contributed by atoms with Crippen molar-refractivity contribution in [2.45, 2.75) is 26.8 Å². The average molecular weight is 415 g/mol. The first-order valence-electron chi connectivity index (χ1n) is 7.83.